The SMILES string of the molecule is CCCc1nc(C)c2c(=O)[nH]c(-c3cc(S(=O)(=O)N4CC(CCO)C4)ccc3OCC)nn12. The Morgan fingerprint density at radius 1 is 1.27 bits per heavy atom. The van der Waals surface area contributed by atoms with Crippen LogP contribution in [0.2, 0.25) is 0 Å². The van der Waals surface area contributed by atoms with Crippen molar-refractivity contribution in [2.45, 2.75) is 44.9 Å². The maximum absolute atomic E-state index is 13.2. The minimum atomic E-state index is -3.72. The van der Waals surface area contributed by atoms with Crippen molar-refractivity contribution in [1.29, 1.82) is 0 Å². The fraction of sp³-hybridized carbons (Fsp3) is 0.500. The lowest BCUT2D eigenvalue weighted by molar-refractivity contribution is 0.154. The quantitative estimate of drug-likeness (QED) is 0.482. The van der Waals surface area contributed by atoms with E-state index in [1.807, 2.05) is 13.8 Å². The number of imidazole rings is 1. The number of ether oxygens (including phenoxy) is 1. The van der Waals surface area contributed by atoms with Crippen LogP contribution in [0.4, 0.5) is 0 Å². The van der Waals surface area contributed by atoms with Crippen LogP contribution in [0.5, 0.6) is 5.75 Å². The zero-order valence-corrected chi connectivity index (χ0v) is 19.9. The van der Waals surface area contributed by atoms with Crippen LogP contribution in [0.15, 0.2) is 27.9 Å². The van der Waals surface area contributed by atoms with Gasteiger partial charge in [-0.15, -0.1) is 5.10 Å². The van der Waals surface area contributed by atoms with Gasteiger partial charge in [0, 0.05) is 26.1 Å². The first-order valence-corrected chi connectivity index (χ1v) is 12.6. The number of nitrogens with zero attached hydrogens (tertiary/aromatic N) is 4. The van der Waals surface area contributed by atoms with E-state index in [9.17, 15) is 13.2 Å². The van der Waals surface area contributed by atoms with Crippen LogP contribution in [-0.2, 0) is 16.4 Å². The van der Waals surface area contributed by atoms with Gasteiger partial charge in [-0.2, -0.15) is 4.31 Å². The van der Waals surface area contributed by atoms with E-state index in [1.54, 1.807) is 17.5 Å². The number of aliphatic hydroxyl groups is 1. The number of fused-ring (bicyclic) bond motifs is 1. The first kappa shape index (κ1) is 23.4. The average molecular weight is 476 g/mol. The van der Waals surface area contributed by atoms with Crippen LogP contribution >= 0.6 is 0 Å². The predicted octanol–water partition coefficient (Wildman–Crippen LogP) is 1.75. The summed E-state index contributed by atoms with van der Waals surface area (Å²) in [7, 11) is -3.72. The Morgan fingerprint density at radius 2 is 2.03 bits per heavy atom. The summed E-state index contributed by atoms with van der Waals surface area (Å²) >= 11 is 0. The summed E-state index contributed by atoms with van der Waals surface area (Å²) in [5, 5.41) is 13.7. The fourth-order valence-corrected chi connectivity index (χ4v) is 5.73. The van der Waals surface area contributed by atoms with Gasteiger partial charge >= 0.3 is 0 Å². The van der Waals surface area contributed by atoms with Gasteiger partial charge in [0.25, 0.3) is 5.56 Å². The zero-order valence-electron chi connectivity index (χ0n) is 19.0. The Morgan fingerprint density at radius 3 is 2.70 bits per heavy atom. The Hall–Kier alpha value is -2.76. The van der Waals surface area contributed by atoms with Gasteiger partial charge in [0.15, 0.2) is 11.3 Å². The van der Waals surface area contributed by atoms with Crippen molar-refractivity contribution in [3.8, 4) is 17.1 Å². The van der Waals surface area contributed by atoms with Gasteiger partial charge in [0.1, 0.15) is 11.6 Å². The van der Waals surface area contributed by atoms with Gasteiger partial charge in [0.05, 0.1) is 22.8 Å². The normalized spacial score (nSPS) is 15.2. The van der Waals surface area contributed by atoms with Crippen LogP contribution in [0.1, 0.15) is 38.2 Å². The van der Waals surface area contributed by atoms with E-state index in [4.69, 9.17) is 9.84 Å². The summed E-state index contributed by atoms with van der Waals surface area (Å²) in [5.41, 5.74) is 1.01. The molecule has 1 saturated heterocycles. The first-order valence-electron chi connectivity index (χ1n) is 11.2. The number of aryl methyl sites for hydroxylation is 2. The second-order valence-corrected chi connectivity index (χ2v) is 10.2. The van der Waals surface area contributed by atoms with E-state index in [-0.39, 0.29) is 28.8 Å². The minimum absolute atomic E-state index is 0.0427. The van der Waals surface area contributed by atoms with Crippen LogP contribution in [0, 0.1) is 12.8 Å². The van der Waals surface area contributed by atoms with Crippen molar-refractivity contribution in [2.75, 3.05) is 26.3 Å². The van der Waals surface area contributed by atoms with E-state index < -0.39 is 10.0 Å². The highest BCUT2D eigenvalue weighted by Gasteiger charge is 2.36. The summed E-state index contributed by atoms with van der Waals surface area (Å²) in [6.07, 6.45) is 2.07. The van der Waals surface area contributed by atoms with Gasteiger partial charge < -0.3 is 14.8 Å². The predicted molar refractivity (Wildman–Crippen MR) is 123 cm³/mol. The molecule has 10 nitrogen and oxygen atoms in total. The molecule has 2 aromatic heterocycles. The molecular formula is C22H29N5O5S. The van der Waals surface area contributed by atoms with Crippen molar-refractivity contribution >= 4 is 15.5 Å². The molecule has 4 rings (SSSR count). The third-order valence-electron chi connectivity index (χ3n) is 5.82. The number of aromatic amines is 1. The van der Waals surface area contributed by atoms with Gasteiger partial charge in [0.2, 0.25) is 10.0 Å². The number of aromatic nitrogens is 4. The summed E-state index contributed by atoms with van der Waals surface area (Å²) in [4.78, 5) is 20.2. The van der Waals surface area contributed by atoms with Crippen molar-refractivity contribution in [2.24, 2.45) is 5.92 Å². The summed E-state index contributed by atoms with van der Waals surface area (Å²) in [6.45, 7) is 6.77. The number of benzene rings is 1. The Bertz CT molecular complexity index is 1320. The van der Waals surface area contributed by atoms with Gasteiger partial charge in [-0.05, 0) is 50.8 Å². The molecule has 0 radical (unpaired) electrons. The van der Waals surface area contributed by atoms with Crippen molar-refractivity contribution in [3.63, 3.8) is 0 Å². The maximum atomic E-state index is 13.2. The molecule has 178 valence electrons. The number of aliphatic hydroxyl groups excluding tert-OH is 1. The zero-order chi connectivity index (χ0) is 23.8. The van der Waals surface area contributed by atoms with E-state index in [2.05, 4.69) is 15.1 Å². The molecule has 0 aliphatic carbocycles. The van der Waals surface area contributed by atoms with Crippen LogP contribution in [-0.4, -0.2) is 63.7 Å². The van der Waals surface area contributed by atoms with Gasteiger partial charge in [-0.25, -0.2) is 17.9 Å². The lowest BCUT2D eigenvalue weighted by Gasteiger charge is -2.37. The Labute approximate surface area is 192 Å². The minimum Gasteiger partial charge on any atom is -0.493 e. The van der Waals surface area contributed by atoms with Gasteiger partial charge in [-0.1, -0.05) is 6.92 Å². The number of rotatable bonds is 9. The van der Waals surface area contributed by atoms with E-state index in [0.29, 0.717) is 60.9 Å². The average Bonchev–Trinajstić information content (AvgIpc) is 3.06. The summed E-state index contributed by atoms with van der Waals surface area (Å²) in [6, 6.07) is 4.59. The molecule has 1 aliphatic rings. The molecule has 1 aliphatic heterocycles. The molecule has 1 aromatic carbocycles. The standard InChI is InChI=1S/C22H29N5O5S/c1-4-6-19-23-14(3)20-22(29)24-21(25-27(19)20)17-11-16(7-8-18(17)32-5-2)33(30,31)26-12-15(13-26)9-10-28/h7-8,11,15,28H,4-6,9-10,12-13H2,1-3H3,(H,24,25,29). The Kier molecular flexibility index (Phi) is 6.55. The molecule has 3 heterocycles. The molecule has 0 atom stereocenters. The molecule has 2 N–H and O–H groups in total. The number of nitrogens with one attached hydrogen (secondary N) is 1. The molecular weight excluding hydrogens is 446 g/mol. The third-order valence-corrected chi connectivity index (χ3v) is 7.65. The largest absolute Gasteiger partial charge is 0.493 e. The van der Waals surface area contributed by atoms with Crippen LogP contribution in [0.3, 0.4) is 0 Å². The van der Waals surface area contributed by atoms with Crippen molar-refractivity contribution < 1.29 is 18.3 Å². The van der Waals surface area contributed by atoms with Crippen LogP contribution in [0.25, 0.3) is 16.9 Å². The smallest absolute Gasteiger partial charge is 0.277 e. The number of sulfonamides is 1. The van der Waals surface area contributed by atoms with E-state index in [1.165, 1.54) is 16.4 Å². The number of H-pyrrole nitrogens is 1. The molecule has 0 spiro atoms. The lowest BCUT2D eigenvalue weighted by Crippen LogP contribution is -2.50. The molecule has 11 heteroatoms. The fourth-order valence-electron chi connectivity index (χ4n) is 4.11. The molecule has 0 unspecified atom stereocenters. The highest BCUT2D eigenvalue weighted by atomic mass is 32.2. The summed E-state index contributed by atoms with van der Waals surface area (Å²) < 4.78 is 35.0. The number of hydrogen-bond acceptors (Lipinski definition) is 7. The lowest BCUT2D eigenvalue weighted by atomic mass is 10.0. The second-order valence-electron chi connectivity index (χ2n) is 8.22. The van der Waals surface area contributed by atoms with Crippen molar-refractivity contribution in [1.82, 2.24) is 23.9 Å². The Balaban J connectivity index is 1.81. The molecule has 0 saturated carbocycles. The number of hydrogen-bond donors (Lipinski definition) is 2. The second kappa shape index (κ2) is 9.24. The first-order chi connectivity index (χ1) is 15.8. The third kappa shape index (κ3) is 4.28. The van der Waals surface area contributed by atoms with Crippen molar-refractivity contribution in [3.05, 3.63) is 40.1 Å². The molecule has 0 bridgehead atoms. The highest BCUT2D eigenvalue weighted by molar-refractivity contribution is 7.89. The molecule has 0 amide bonds. The van der Waals surface area contributed by atoms with E-state index in [0.717, 1.165) is 6.42 Å². The maximum Gasteiger partial charge on any atom is 0.277 e. The molecule has 3 aromatic rings. The topological polar surface area (TPSA) is 130 Å². The summed E-state index contributed by atoms with van der Waals surface area (Å²) in [5.74, 6) is 1.47. The highest BCUT2D eigenvalue weighted by Crippen LogP contribution is 2.33. The monoisotopic (exact) mass is 475 g/mol. The molecule has 33 heavy (non-hydrogen) atoms. The molecule has 1 fully saturated rings. The van der Waals surface area contributed by atoms with E-state index >= 15 is 0 Å². The van der Waals surface area contributed by atoms with Gasteiger partial charge in [-0.3, -0.25) is 4.79 Å². The van der Waals surface area contributed by atoms with Crippen LogP contribution < -0.4 is 10.3 Å².